The summed E-state index contributed by atoms with van der Waals surface area (Å²) < 4.78 is 7.04. The van der Waals surface area contributed by atoms with Gasteiger partial charge in [-0.3, -0.25) is 14.3 Å². The Morgan fingerprint density at radius 2 is 2.04 bits per heavy atom. The number of hydrogen-bond donors (Lipinski definition) is 1. The highest BCUT2D eigenvalue weighted by atomic mass is 35.5. The van der Waals surface area contributed by atoms with Gasteiger partial charge in [-0.2, -0.15) is 0 Å². The zero-order valence-corrected chi connectivity index (χ0v) is 17.3. The molecule has 0 saturated carbocycles. The molecule has 8 heteroatoms. The molecule has 27 heavy (non-hydrogen) atoms. The number of nitrogens with zero attached hydrogens (tertiary/aromatic N) is 3. The Bertz CT molecular complexity index is 837. The lowest BCUT2D eigenvalue weighted by Crippen LogP contribution is -2.41. The van der Waals surface area contributed by atoms with E-state index in [-0.39, 0.29) is 5.56 Å². The van der Waals surface area contributed by atoms with Crippen LogP contribution in [0.5, 0.6) is 0 Å². The van der Waals surface area contributed by atoms with Crippen molar-refractivity contribution in [3.8, 4) is 0 Å². The fourth-order valence-corrected chi connectivity index (χ4v) is 4.21. The monoisotopic (exact) mass is 411 g/mol. The third kappa shape index (κ3) is 5.45. The fourth-order valence-electron chi connectivity index (χ4n) is 3.11. The molecule has 1 aromatic heterocycles. The molecule has 2 aromatic rings. The summed E-state index contributed by atoms with van der Waals surface area (Å²) in [5.74, 6) is 0.791. The molecule has 1 fully saturated rings. The van der Waals surface area contributed by atoms with Gasteiger partial charge in [0.25, 0.3) is 5.56 Å². The first-order valence-electron chi connectivity index (χ1n) is 9.25. The third-order valence-electron chi connectivity index (χ3n) is 4.41. The number of fused-ring (bicyclic) bond motifs is 1. The van der Waals surface area contributed by atoms with Gasteiger partial charge in [-0.1, -0.05) is 37.2 Å². The number of aromatic nitrogens is 2. The maximum atomic E-state index is 13.0. The Balaban J connectivity index is 1.79. The van der Waals surface area contributed by atoms with Gasteiger partial charge in [0.1, 0.15) is 0 Å². The summed E-state index contributed by atoms with van der Waals surface area (Å²) in [6.45, 7) is 8.42. The molecule has 1 N–H and O–H groups in total. The van der Waals surface area contributed by atoms with E-state index in [2.05, 4.69) is 23.7 Å². The summed E-state index contributed by atoms with van der Waals surface area (Å²) >= 11 is 7.49. The van der Waals surface area contributed by atoms with Gasteiger partial charge >= 0.3 is 0 Å². The highest BCUT2D eigenvalue weighted by Gasteiger charge is 2.18. The van der Waals surface area contributed by atoms with Crippen LogP contribution in [0.4, 0.5) is 0 Å². The average molecular weight is 412 g/mol. The summed E-state index contributed by atoms with van der Waals surface area (Å²) in [5.41, 5.74) is 0.552. The van der Waals surface area contributed by atoms with Crippen LogP contribution in [0.15, 0.2) is 28.2 Å². The minimum absolute atomic E-state index is 0.0821. The van der Waals surface area contributed by atoms with Crippen LogP contribution in [0.3, 0.4) is 0 Å². The second kappa shape index (κ2) is 9.39. The normalized spacial score (nSPS) is 16.9. The minimum atomic E-state index is -0.488. The topological polar surface area (TPSA) is 67.6 Å². The van der Waals surface area contributed by atoms with Crippen molar-refractivity contribution in [2.24, 2.45) is 5.92 Å². The molecule has 1 aromatic carbocycles. The molecule has 1 saturated heterocycles. The largest absolute Gasteiger partial charge is 0.391 e. The van der Waals surface area contributed by atoms with Crippen molar-refractivity contribution in [3.63, 3.8) is 0 Å². The Kier molecular flexibility index (Phi) is 7.16. The standard InChI is InChI=1S/C19H26ClN3O3S/c1-13(2)10-23-18(25)16-9-14(20)3-4-17(16)21-19(23)27-12-15(24)11-22-5-7-26-8-6-22/h3-4,9,13,15,24H,5-8,10-12H2,1-2H3/t15-/m1/s1. The number of ether oxygens (including phenoxy) is 1. The first kappa shape index (κ1) is 20.6. The molecule has 0 unspecified atom stereocenters. The highest BCUT2D eigenvalue weighted by Crippen LogP contribution is 2.22. The van der Waals surface area contributed by atoms with Crippen molar-refractivity contribution in [1.82, 2.24) is 14.5 Å². The number of benzene rings is 1. The second-order valence-corrected chi connectivity index (χ2v) is 8.67. The lowest BCUT2D eigenvalue weighted by Gasteiger charge is -2.28. The molecule has 1 aliphatic rings. The summed E-state index contributed by atoms with van der Waals surface area (Å²) in [6.07, 6.45) is -0.488. The molecule has 148 valence electrons. The zero-order valence-electron chi connectivity index (χ0n) is 15.7. The van der Waals surface area contributed by atoms with Crippen LogP contribution in [0.1, 0.15) is 13.8 Å². The van der Waals surface area contributed by atoms with Gasteiger partial charge in [0.15, 0.2) is 5.16 Å². The molecule has 6 nitrogen and oxygen atoms in total. The van der Waals surface area contributed by atoms with Crippen LogP contribution in [0.25, 0.3) is 10.9 Å². The van der Waals surface area contributed by atoms with Crippen LogP contribution < -0.4 is 5.56 Å². The molecule has 0 radical (unpaired) electrons. The van der Waals surface area contributed by atoms with Crippen LogP contribution >= 0.6 is 23.4 Å². The first-order valence-corrected chi connectivity index (χ1v) is 10.6. The summed E-state index contributed by atoms with van der Waals surface area (Å²) in [7, 11) is 0. The minimum Gasteiger partial charge on any atom is -0.391 e. The average Bonchev–Trinajstić information content (AvgIpc) is 2.64. The number of rotatable bonds is 7. The molecule has 1 atom stereocenters. The van der Waals surface area contributed by atoms with Crippen LogP contribution in [-0.2, 0) is 11.3 Å². The summed E-state index contributed by atoms with van der Waals surface area (Å²) in [4.78, 5) is 19.8. The van der Waals surface area contributed by atoms with E-state index in [1.807, 2.05) is 0 Å². The summed E-state index contributed by atoms with van der Waals surface area (Å²) in [5, 5.41) is 12.1. The Morgan fingerprint density at radius 1 is 1.30 bits per heavy atom. The van der Waals surface area contributed by atoms with E-state index in [0.29, 0.717) is 59.1 Å². The predicted octanol–water partition coefficient (Wildman–Crippen LogP) is 2.49. The first-order chi connectivity index (χ1) is 12.9. The summed E-state index contributed by atoms with van der Waals surface area (Å²) in [6, 6.07) is 5.18. The van der Waals surface area contributed by atoms with Crippen LogP contribution in [0.2, 0.25) is 5.02 Å². The van der Waals surface area contributed by atoms with E-state index in [1.54, 1.807) is 22.8 Å². The SMILES string of the molecule is CC(C)Cn1c(SC[C@H](O)CN2CCOCC2)nc2ccc(Cl)cc2c1=O. The smallest absolute Gasteiger partial charge is 0.262 e. The van der Waals surface area contributed by atoms with Gasteiger partial charge < -0.3 is 9.84 Å². The molecule has 0 bridgehead atoms. The number of aliphatic hydroxyl groups is 1. The van der Waals surface area contributed by atoms with Gasteiger partial charge in [0.05, 0.1) is 30.2 Å². The van der Waals surface area contributed by atoms with E-state index < -0.39 is 6.10 Å². The maximum absolute atomic E-state index is 13.0. The second-order valence-electron chi connectivity index (χ2n) is 7.24. The number of β-amino-alcohol motifs (C(OH)–C–C–N with tert-alkyl or cyclic N) is 1. The lowest BCUT2D eigenvalue weighted by atomic mass is 10.2. The quantitative estimate of drug-likeness (QED) is 0.557. The lowest BCUT2D eigenvalue weighted by molar-refractivity contribution is 0.0188. The Labute approximate surface area is 168 Å². The van der Waals surface area contributed by atoms with Gasteiger partial charge in [0, 0.05) is 37.0 Å². The number of morpholine rings is 1. The predicted molar refractivity (Wildman–Crippen MR) is 110 cm³/mol. The van der Waals surface area contributed by atoms with Gasteiger partial charge in [-0.05, 0) is 24.1 Å². The highest BCUT2D eigenvalue weighted by molar-refractivity contribution is 7.99. The van der Waals surface area contributed by atoms with Crippen molar-refractivity contribution < 1.29 is 9.84 Å². The molecule has 3 rings (SSSR count). The van der Waals surface area contributed by atoms with E-state index in [4.69, 9.17) is 16.3 Å². The molecule has 0 aliphatic carbocycles. The zero-order chi connectivity index (χ0) is 19.4. The number of aliphatic hydroxyl groups excluding tert-OH is 1. The van der Waals surface area contributed by atoms with Crippen LogP contribution in [0, 0.1) is 5.92 Å². The van der Waals surface area contributed by atoms with E-state index in [1.165, 1.54) is 11.8 Å². The van der Waals surface area contributed by atoms with Crippen molar-refractivity contribution in [2.45, 2.75) is 31.7 Å². The van der Waals surface area contributed by atoms with E-state index in [0.717, 1.165) is 13.1 Å². The molecular formula is C19H26ClN3O3S. The molecule has 0 spiro atoms. The van der Waals surface area contributed by atoms with Crippen molar-refractivity contribution in [2.75, 3.05) is 38.6 Å². The maximum Gasteiger partial charge on any atom is 0.262 e. The van der Waals surface area contributed by atoms with Crippen molar-refractivity contribution in [3.05, 3.63) is 33.6 Å². The van der Waals surface area contributed by atoms with E-state index in [9.17, 15) is 9.90 Å². The molecular weight excluding hydrogens is 386 g/mol. The van der Waals surface area contributed by atoms with Gasteiger partial charge in [0.2, 0.25) is 0 Å². The molecule has 2 heterocycles. The number of hydrogen-bond acceptors (Lipinski definition) is 6. The number of halogens is 1. The van der Waals surface area contributed by atoms with Crippen LogP contribution in [-0.4, -0.2) is 64.3 Å². The van der Waals surface area contributed by atoms with Gasteiger partial charge in [-0.25, -0.2) is 4.98 Å². The Morgan fingerprint density at radius 3 is 2.74 bits per heavy atom. The van der Waals surface area contributed by atoms with Crippen molar-refractivity contribution in [1.29, 1.82) is 0 Å². The third-order valence-corrected chi connectivity index (χ3v) is 5.76. The molecule has 0 amide bonds. The van der Waals surface area contributed by atoms with Crippen molar-refractivity contribution >= 4 is 34.3 Å². The van der Waals surface area contributed by atoms with Gasteiger partial charge in [-0.15, -0.1) is 0 Å². The fraction of sp³-hybridized carbons (Fsp3) is 0.579. The Hall–Kier alpha value is -1.12. The van der Waals surface area contributed by atoms with E-state index >= 15 is 0 Å². The molecule has 1 aliphatic heterocycles. The number of thioether (sulfide) groups is 1.